The SMILES string of the molecule is CC1CCC(Cl)CN1c1ccc(Cl)cn1. The number of rotatable bonds is 1. The number of pyridine rings is 1. The van der Waals surface area contributed by atoms with Gasteiger partial charge in [0, 0.05) is 18.8 Å². The highest BCUT2D eigenvalue weighted by atomic mass is 35.5. The van der Waals surface area contributed by atoms with Gasteiger partial charge in [0.15, 0.2) is 0 Å². The van der Waals surface area contributed by atoms with Crippen LogP contribution in [0.2, 0.25) is 5.02 Å². The molecule has 1 aliphatic heterocycles. The van der Waals surface area contributed by atoms with Gasteiger partial charge >= 0.3 is 0 Å². The van der Waals surface area contributed by atoms with Gasteiger partial charge in [0.25, 0.3) is 0 Å². The summed E-state index contributed by atoms with van der Waals surface area (Å²) in [6, 6.07) is 4.33. The number of halogens is 2. The number of hydrogen-bond donors (Lipinski definition) is 0. The molecule has 0 radical (unpaired) electrons. The van der Waals surface area contributed by atoms with Crippen LogP contribution in [0.5, 0.6) is 0 Å². The number of aromatic nitrogens is 1. The third-order valence-electron chi connectivity index (χ3n) is 2.83. The molecule has 2 atom stereocenters. The lowest BCUT2D eigenvalue weighted by Gasteiger charge is -2.36. The molecule has 0 saturated carbocycles. The molecule has 1 aromatic rings. The molecule has 2 unspecified atom stereocenters. The molecule has 0 spiro atoms. The van der Waals surface area contributed by atoms with E-state index in [-0.39, 0.29) is 5.38 Å². The zero-order chi connectivity index (χ0) is 10.8. The van der Waals surface area contributed by atoms with E-state index in [4.69, 9.17) is 23.2 Å². The van der Waals surface area contributed by atoms with Crippen molar-refractivity contribution >= 4 is 29.0 Å². The number of anilines is 1. The summed E-state index contributed by atoms with van der Waals surface area (Å²) in [6.07, 6.45) is 3.90. The Labute approximate surface area is 100 Å². The molecule has 0 N–H and O–H groups in total. The van der Waals surface area contributed by atoms with Gasteiger partial charge < -0.3 is 4.90 Å². The summed E-state index contributed by atoms with van der Waals surface area (Å²) in [5.74, 6) is 0.970. The fraction of sp³-hybridized carbons (Fsp3) is 0.545. The van der Waals surface area contributed by atoms with E-state index in [0.29, 0.717) is 11.1 Å². The van der Waals surface area contributed by atoms with Crippen molar-refractivity contribution in [2.75, 3.05) is 11.4 Å². The van der Waals surface area contributed by atoms with Crippen LogP contribution in [0.1, 0.15) is 19.8 Å². The summed E-state index contributed by atoms with van der Waals surface area (Å²) >= 11 is 12.0. The molecule has 1 aromatic heterocycles. The van der Waals surface area contributed by atoms with Crippen molar-refractivity contribution in [2.45, 2.75) is 31.2 Å². The first-order valence-electron chi connectivity index (χ1n) is 5.19. The second-order valence-electron chi connectivity index (χ2n) is 4.01. The Hall–Kier alpha value is -0.470. The Bertz CT molecular complexity index is 326. The first kappa shape index (κ1) is 11.0. The van der Waals surface area contributed by atoms with E-state index < -0.39 is 0 Å². The predicted octanol–water partition coefficient (Wildman–Crippen LogP) is 3.33. The maximum atomic E-state index is 6.16. The van der Waals surface area contributed by atoms with Crippen molar-refractivity contribution < 1.29 is 0 Å². The zero-order valence-corrected chi connectivity index (χ0v) is 10.2. The van der Waals surface area contributed by atoms with Gasteiger partial charge in [-0.05, 0) is 31.9 Å². The lowest BCUT2D eigenvalue weighted by atomic mass is 10.0. The number of alkyl halides is 1. The van der Waals surface area contributed by atoms with Crippen LogP contribution in [0, 0.1) is 0 Å². The van der Waals surface area contributed by atoms with Gasteiger partial charge in [-0.25, -0.2) is 4.98 Å². The van der Waals surface area contributed by atoms with Crippen LogP contribution in [-0.4, -0.2) is 22.9 Å². The van der Waals surface area contributed by atoms with E-state index in [1.165, 1.54) is 0 Å². The molecule has 15 heavy (non-hydrogen) atoms. The molecule has 82 valence electrons. The summed E-state index contributed by atoms with van der Waals surface area (Å²) < 4.78 is 0. The predicted molar refractivity (Wildman–Crippen MR) is 64.9 cm³/mol. The van der Waals surface area contributed by atoms with Crippen molar-refractivity contribution in [3.8, 4) is 0 Å². The minimum Gasteiger partial charge on any atom is -0.352 e. The molecule has 0 aliphatic carbocycles. The van der Waals surface area contributed by atoms with Gasteiger partial charge in [-0.15, -0.1) is 11.6 Å². The number of hydrogen-bond acceptors (Lipinski definition) is 2. The summed E-state index contributed by atoms with van der Waals surface area (Å²) in [6.45, 7) is 3.08. The van der Waals surface area contributed by atoms with E-state index in [2.05, 4.69) is 16.8 Å². The molecule has 1 fully saturated rings. The van der Waals surface area contributed by atoms with Crippen LogP contribution >= 0.6 is 23.2 Å². The monoisotopic (exact) mass is 244 g/mol. The highest BCUT2D eigenvalue weighted by molar-refractivity contribution is 6.30. The lowest BCUT2D eigenvalue weighted by molar-refractivity contribution is 0.486. The minimum absolute atomic E-state index is 0.235. The van der Waals surface area contributed by atoms with E-state index >= 15 is 0 Å². The van der Waals surface area contributed by atoms with Crippen LogP contribution in [-0.2, 0) is 0 Å². The maximum Gasteiger partial charge on any atom is 0.128 e. The molecule has 0 aromatic carbocycles. The molecule has 4 heteroatoms. The first-order valence-corrected chi connectivity index (χ1v) is 6.00. The number of nitrogens with zero attached hydrogens (tertiary/aromatic N) is 2. The molecule has 2 heterocycles. The van der Waals surface area contributed by atoms with Crippen molar-refractivity contribution in [3.05, 3.63) is 23.4 Å². The molecular formula is C11H14Cl2N2. The Morgan fingerprint density at radius 2 is 2.20 bits per heavy atom. The highest BCUT2D eigenvalue weighted by Crippen LogP contribution is 2.25. The van der Waals surface area contributed by atoms with Crippen LogP contribution < -0.4 is 4.90 Å². The van der Waals surface area contributed by atoms with Crippen LogP contribution in [0.15, 0.2) is 18.3 Å². The van der Waals surface area contributed by atoms with Gasteiger partial charge in [0.1, 0.15) is 5.82 Å². The minimum atomic E-state index is 0.235. The third-order valence-corrected chi connectivity index (χ3v) is 3.41. The molecule has 0 amide bonds. The smallest absolute Gasteiger partial charge is 0.128 e. The standard InChI is InChI=1S/C11H14Cl2N2/c1-8-2-3-10(13)7-15(8)11-5-4-9(12)6-14-11/h4-6,8,10H,2-3,7H2,1H3. The van der Waals surface area contributed by atoms with Crippen molar-refractivity contribution in [1.29, 1.82) is 0 Å². The Balaban J connectivity index is 2.17. The van der Waals surface area contributed by atoms with Gasteiger partial charge in [0.2, 0.25) is 0 Å². The van der Waals surface area contributed by atoms with Crippen molar-refractivity contribution in [1.82, 2.24) is 4.98 Å². The largest absolute Gasteiger partial charge is 0.352 e. The molecule has 1 aliphatic rings. The van der Waals surface area contributed by atoms with Crippen LogP contribution in [0.25, 0.3) is 0 Å². The lowest BCUT2D eigenvalue weighted by Crippen LogP contribution is -2.42. The fourth-order valence-corrected chi connectivity index (χ4v) is 2.31. The van der Waals surface area contributed by atoms with Gasteiger partial charge in [0.05, 0.1) is 10.4 Å². The zero-order valence-electron chi connectivity index (χ0n) is 8.66. The van der Waals surface area contributed by atoms with Gasteiger partial charge in [-0.1, -0.05) is 11.6 Å². The molecular weight excluding hydrogens is 231 g/mol. The molecule has 2 rings (SSSR count). The van der Waals surface area contributed by atoms with Crippen LogP contribution in [0.3, 0.4) is 0 Å². The second kappa shape index (κ2) is 4.58. The summed E-state index contributed by atoms with van der Waals surface area (Å²) in [7, 11) is 0. The summed E-state index contributed by atoms with van der Waals surface area (Å²) in [5.41, 5.74) is 0. The van der Waals surface area contributed by atoms with E-state index in [1.807, 2.05) is 12.1 Å². The topological polar surface area (TPSA) is 16.1 Å². The fourth-order valence-electron chi connectivity index (χ4n) is 1.92. The third kappa shape index (κ3) is 2.56. The van der Waals surface area contributed by atoms with Crippen molar-refractivity contribution in [2.24, 2.45) is 0 Å². The molecule has 1 saturated heterocycles. The van der Waals surface area contributed by atoms with Gasteiger partial charge in [-0.2, -0.15) is 0 Å². The van der Waals surface area contributed by atoms with Gasteiger partial charge in [-0.3, -0.25) is 0 Å². The van der Waals surface area contributed by atoms with E-state index in [1.54, 1.807) is 6.20 Å². The van der Waals surface area contributed by atoms with E-state index in [9.17, 15) is 0 Å². The maximum absolute atomic E-state index is 6.16. The number of piperidine rings is 1. The highest BCUT2D eigenvalue weighted by Gasteiger charge is 2.24. The summed E-state index contributed by atoms with van der Waals surface area (Å²) in [4.78, 5) is 6.57. The van der Waals surface area contributed by atoms with Crippen LogP contribution in [0.4, 0.5) is 5.82 Å². The average Bonchev–Trinajstić information content (AvgIpc) is 2.23. The first-order chi connectivity index (χ1) is 7.16. The Morgan fingerprint density at radius 1 is 1.40 bits per heavy atom. The van der Waals surface area contributed by atoms with E-state index in [0.717, 1.165) is 25.2 Å². The quantitative estimate of drug-likeness (QED) is 0.705. The molecule has 2 nitrogen and oxygen atoms in total. The second-order valence-corrected chi connectivity index (χ2v) is 5.06. The average molecular weight is 245 g/mol. The Kier molecular flexibility index (Phi) is 3.37. The summed E-state index contributed by atoms with van der Waals surface area (Å²) in [5, 5.41) is 0.907. The van der Waals surface area contributed by atoms with Crippen molar-refractivity contribution in [3.63, 3.8) is 0 Å². The normalized spacial score (nSPS) is 26.7. The Morgan fingerprint density at radius 3 is 2.87 bits per heavy atom. The molecule has 0 bridgehead atoms.